The van der Waals surface area contributed by atoms with Crippen molar-refractivity contribution >= 4 is 23.6 Å². The molecule has 0 aromatic heterocycles. The zero-order valence-electron chi connectivity index (χ0n) is 15.3. The second kappa shape index (κ2) is 7.76. The first-order chi connectivity index (χ1) is 12.5. The molecule has 7 nitrogen and oxygen atoms in total. The van der Waals surface area contributed by atoms with E-state index in [9.17, 15) is 14.4 Å². The molecule has 26 heavy (non-hydrogen) atoms. The second-order valence-electron chi connectivity index (χ2n) is 6.75. The summed E-state index contributed by atoms with van der Waals surface area (Å²) in [6.07, 6.45) is -0.0914. The molecule has 1 atom stereocenters. The van der Waals surface area contributed by atoms with Crippen molar-refractivity contribution in [3.63, 3.8) is 0 Å². The maximum absolute atomic E-state index is 12.8. The van der Waals surface area contributed by atoms with Crippen LogP contribution in [0.1, 0.15) is 18.9 Å². The molecule has 3 rings (SSSR count). The molecule has 7 heteroatoms. The van der Waals surface area contributed by atoms with Crippen LogP contribution in [0.4, 0.5) is 10.5 Å². The van der Waals surface area contributed by atoms with Crippen molar-refractivity contribution in [3.05, 3.63) is 29.8 Å². The molecule has 2 saturated heterocycles. The van der Waals surface area contributed by atoms with Crippen LogP contribution < -0.4 is 4.90 Å². The largest absolute Gasteiger partial charge is 0.450 e. The van der Waals surface area contributed by atoms with Crippen LogP contribution in [-0.2, 0) is 14.3 Å². The number of benzene rings is 1. The lowest BCUT2D eigenvalue weighted by Gasteiger charge is -2.35. The summed E-state index contributed by atoms with van der Waals surface area (Å²) >= 11 is 0. The smallest absolute Gasteiger partial charge is 0.409 e. The molecule has 0 radical (unpaired) electrons. The molecule has 0 unspecified atom stereocenters. The van der Waals surface area contributed by atoms with Crippen LogP contribution in [0.3, 0.4) is 0 Å². The van der Waals surface area contributed by atoms with Gasteiger partial charge in [-0.05, 0) is 26.0 Å². The molecule has 2 heterocycles. The maximum Gasteiger partial charge on any atom is 0.409 e. The third-order valence-corrected chi connectivity index (χ3v) is 4.94. The van der Waals surface area contributed by atoms with Gasteiger partial charge in [-0.3, -0.25) is 9.59 Å². The summed E-state index contributed by atoms with van der Waals surface area (Å²) in [6.45, 7) is 6.42. The molecule has 2 aliphatic heterocycles. The number of ether oxygens (including phenoxy) is 1. The molecule has 0 saturated carbocycles. The lowest BCUT2D eigenvalue weighted by atomic mass is 10.1. The molecule has 1 aromatic rings. The van der Waals surface area contributed by atoms with Gasteiger partial charge in [-0.1, -0.05) is 17.7 Å². The van der Waals surface area contributed by atoms with Crippen LogP contribution in [0.15, 0.2) is 24.3 Å². The van der Waals surface area contributed by atoms with Gasteiger partial charge in [-0.25, -0.2) is 4.79 Å². The highest BCUT2D eigenvalue weighted by molar-refractivity contribution is 6.00. The van der Waals surface area contributed by atoms with Crippen LogP contribution in [0, 0.1) is 12.8 Å². The zero-order valence-corrected chi connectivity index (χ0v) is 15.3. The number of carbonyl (C=O) groups is 3. The fraction of sp³-hybridized carbons (Fsp3) is 0.526. The Balaban J connectivity index is 1.57. The van der Waals surface area contributed by atoms with E-state index in [-0.39, 0.29) is 30.2 Å². The minimum atomic E-state index is -0.332. The first-order valence-corrected chi connectivity index (χ1v) is 9.07. The fourth-order valence-electron chi connectivity index (χ4n) is 3.43. The number of hydrogen-bond acceptors (Lipinski definition) is 4. The van der Waals surface area contributed by atoms with E-state index in [0.717, 1.165) is 11.3 Å². The van der Waals surface area contributed by atoms with E-state index in [1.165, 1.54) is 0 Å². The van der Waals surface area contributed by atoms with Gasteiger partial charge in [-0.15, -0.1) is 0 Å². The Labute approximate surface area is 153 Å². The molecule has 0 aliphatic carbocycles. The summed E-state index contributed by atoms with van der Waals surface area (Å²) in [7, 11) is 0. The molecule has 140 valence electrons. The summed E-state index contributed by atoms with van der Waals surface area (Å²) in [5, 5.41) is 0. The molecule has 1 aromatic carbocycles. The highest BCUT2D eigenvalue weighted by Crippen LogP contribution is 2.27. The quantitative estimate of drug-likeness (QED) is 0.823. The fourth-order valence-corrected chi connectivity index (χ4v) is 3.43. The van der Waals surface area contributed by atoms with E-state index in [4.69, 9.17) is 4.74 Å². The summed E-state index contributed by atoms with van der Waals surface area (Å²) in [6, 6.07) is 7.76. The van der Waals surface area contributed by atoms with E-state index < -0.39 is 0 Å². The number of anilines is 1. The maximum atomic E-state index is 12.8. The van der Waals surface area contributed by atoms with Gasteiger partial charge < -0.3 is 19.4 Å². The summed E-state index contributed by atoms with van der Waals surface area (Å²) < 4.78 is 4.99. The molecular weight excluding hydrogens is 334 g/mol. The van der Waals surface area contributed by atoms with Gasteiger partial charge in [0.15, 0.2) is 0 Å². The van der Waals surface area contributed by atoms with Crippen LogP contribution in [-0.4, -0.2) is 67.0 Å². The van der Waals surface area contributed by atoms with Crippen LogP contribution in [0.5, 0.6) is 0 Å². The third kappa shape index (κ3) is 3.81. The first kappa shape index (κ1) is 18.2. The van der Waals surface area contributed by atoms with E-state index in [2.05, 4.69) is 0 Å². The topological polar surface area (TPSA) is 70.2 Å². The Kier molecular flexibility index (Phi) is 5.44. The summed E-state index contributed by atoms with van der Waals surface area (Å²) in [5.74, 6) is -0.341. The van der Waals surface area contributed by atoms with Crippen molar-refractivity contribution in [2.45, 2.75) is 20.3 Å². The van der Waals surface area contributed by atoms with E-state index >= 15 is 0 Å². The summed E-state index contributed by atoms with van der Waals surface area (Å²) in [4.78, 5) is 42.0. The van der Waals surface area contributed by atoms with Gasteiger partial charge in [0.2, 0.25) is 11.8 Å². The van der Waals surface area contributed by atoms with Crippen molar-refractivity contribution in [2.24, 2.45) is 5.92 Å². The lowest BCUT2D eigenvalue weighted by molar-refractivity contribution is -0.137. The van der Waals surface area contributed by atoms with Gasteiger partial charge in [0.05, 0.1) is 12.5 Å². The molecule has 2 aliphatic rings. The van der Waals surface area contributed by atoms with Crippen LogP contribution >= 0.6 is 0 Å². The van der Waals surface area contributed by atoms with Gasteiger partial charge in [0, 0.05) is 44.8 Å². The van der Waals surface area contributed by atoms with Gasteiger partial charge >= 0.3 is 6.09 Å². The van der Waals surface area contributed by atoms with Crippen molar-refractivity contribution in [3.8, 4) is 0 Å². The number of piperazine rings is 1. The predicted molar refractivity (Wildman–Crippen MR) is 96.8 cm³/mol. The normalized spacial score (nSPS) is 20.5. The van der Waals surface area contributed by atoms with E-state index in [1.807, 2.05) is 31.2 Å². The van der Waals surface area contributed by atoms with Crippen molar-refractivity contribution in [1.29, 1.82) is 0 Å². The Bertz CT molecular complexity index is 681. The van der Waals surface area contributed by atoms with E-state index in [0.29, 0.717) is 39.3 Å². The SMILES string of the molecule is CCOC(=O)N1CCN(C(=O)[C@H]2CC(=O)N(c3ccc(C)cc3)C2)CC1. The number of carbonyl (C=O) groups excluding carboxylic acids is 3. The van der Waals surface area contributed by atoms with Crippen molar-refractivity contribution in [2.75, 3.05) is 44.2 Å². The molecule has 0 spiro atoms. The number of aryl methyl sites for hydroxylation is 1. The van der Waals surface area contributed by atoms with Gasteiger partial charge in [-0.2, -0.15) is 0 Å². The Hall–Kier alpha value is -2.57. The number of nitrogens with zero attached hydrogens (tertiary/aromatic N) is 3. The van der Waals surface area contributed by atoms with Crippen LogP contribution in [0.25, 0.3) is 0 Å². The standard InChI is InChI=1S/C19H25N3O4/c1-3-26-19(25)21-10-8-20(9-11-21)18(24)15-12-17(23)22(13-15)16-6-4-14(2)5-7-16/h4-7,15H,3,8-13H2,1-2H3/t15-/m0/s1. The average molecular weight is 359 g/mol. The lowest BCUT2D eigenvalue weighted by Crippen LogP contribution is -2.52. The molecule has 0 N–H and O–H groups in total. The zero-order chi connectivity index (χ0) is 18.7. The van der Waals surface area contributed by atoms with Gasteiger partial charge in [0.1, 0.15) is 0 Å². The minimum absolute atomic E-state index is 0.00327. The molecule has 3 amide bonds. The second-order valence-corrected chi connectivity index (χ2v) is 6.75. The number of amides is 3. The third-order valence-electron chi connectivity index (χ3n) is 4.94. The van der Waals surface area contributed by atoms with Crippen molar-refractivity contribution < 1.29 is 19.1 Å². The van der Waals surface area contributed by atoms with Crippen LogP contribution in [0.2, 0.25) is 0 Å². The predicted octanol–water partition coefficient (Wildman–Crippen LogP) is 1.65. The molecular formula is C19H25N3O4. The van der Waals surface area contributed by atoms with Gasteiger partial charge in [0.25, 0.3) is 0 Å². The highest BCUT2D eigenvalue weighted by Gasteiger charge is 2.38. The monoisotopic (exact) mass is 359 g/mol. The molecule has 2 fully saturated rings. The Morgan fingerprint density at radius 1 is 1.08 bits per heavy atom. The first-order valence-electron chi connectivity index (χ1n) is 9.07. The number of rotatable bonds is 3. The summed E-state index contributed by atoms with van der Waals surface area (Å²) in [5.41, 5.74) is 1.97. The Morgan fingerprint density at radius 2 is 1.69 bits per heavy atom. The van der Waals surface area contributed by atoms with Crippen molar-refractivity contribution in [1.82, 2.24) is 9.80 Å². The minimum Gasteiger partial charge on any atom is -0.450 e. The highest BCUT2D eigenvalue weighted by atomic mass is 16.6. The number of hydrogen-bond donors (Lipinski definition) is 0. The average Bonchev–Trinajstić information content (AvgIpc) is 3.04. The molecule has 0 bridgehead atoms. The Morgan fingerprint density at radius 3 is 2.31 bits per heavy atom. The van der Waals surface area contributed by atoms with E-state index in [1.54, 1.807) is 21.6 Å².